The van der Waals surface area contributed by atoms with Crippen molar-refractivity contribution in [3.05, 3.63) is 29.8 Å². The minimum Gasteiger partial charge on any atom is -0.371 e. The van der Waals surface area contributed by atoms with E-state index >= 15 is 0 Å². The molecule has 1 saturated heterocycles. The third-order valence-corrected chi connectivity index (χ3v) is 2.87. The normalized spacial score (nSPS) is 18.6. The summed E-state index contributed by atoms with van der Waals surface area (Å²) in [5.74, 6) is 0. The van der Waals surface area contributed by atoms with Gasteiger partial charge in [-0.3, -0.25) is 0 Å². The van der Waals surface area contributed by atoms with Gasteiger partial charge in [0.25, 0.3) is 0 Å². The Kier molecular flexibility index (Phi) is 2.73. The Morgan fingerprint density at radius 1 is 1.21 bits per heavy atom. The van der Waals surface area contributed by atoms with Gasteiger partial charge in [-0.15, -0.1) is 0 Å². The number of nitrogens with two attached hydrogens (primary N) is 1. The highest BCUT2D eigenvalue weighted by atomic mass is 15.1. The predicted molar refractivity (Wildman–Crippen MR) is 60.5 cm³/mol. The molecule has 0 aromatic heterocycles. The van der Waals surface area contributed by atoms with Crippen molar-refractivity contribution in [2.75, 3.05) is 18.0 Å². The van der Waals surface area contributed by atoms with Crippen LogP contribution in [0.1, 0.15) is 31.4 Å². The summed E-state index contributed by atoms with van der Waals surface area (Å²) < 4.78 is 0. The quantitative estimate of drug-likeness (QED) is 0.775. The fourth-order valence-corrected chi connectivity index (χ4v) is 2.12. The topological polar surface area (TPSA) is 29.3 Å². The lowest BCUT2D eigenvalue weighted by molar-refractivity contribution is 0.805. The van der Waals surface area contributed by atoms with Crippen LogP contribution in [0, 0.1) is 0 Å². The van der Waals surface area contributed by atoms with Crippen molar-refractivity contribution >= 4 is 5.69 Å². The molecule has 2 heteroatoms. The first-order valence-corrected chi connectivity index (χ1v) is 5.38. The fourth-order valence-electron chi connectivity index (χ4n) is 2.12. The molecular formula is C12H18N2. The van der Waals surface area contributed by atoms with E-state index in [-0.39, 0.29) is 6.04 Å². The number of benzene rings is 1. The number of anilines is 1. The molecule has 0 unspecified atom stereocenters. The van der Waals surface area contributed by atoms with Gasteiger partial charge in [0.1, 0.15) is 0 Å². The van der Waals surface area contributed by atoms with E-state index in [0.717, 1.165) is 0 Å². The molecule has 2 nitrogen and oxygen atoms in total. The van der Waals surface area contributed by atoms with E-state index in [2.05, 4.69) is 36.1 Å². The van der Waals surface area contributed by atoms with Gasteiger partial charge in [0.2, 0.25) is 0 Å². The van der Waals surface area contributed by atoms with Crippen LogP contribution in [0.2, 0.25) is 0 Å². The molecule has 1 aliphatic rings. The Morgan fingerprint density at radius 3 is 2.50 bits per heavy atom. The molecule has 0 radical (unpaired) electrons. The Labute approximate surface area is 85.7 Å². The molecule has 0 bridgehead atoms. The Balaban J connectivity index is 2.30. The smallest absolute Gasteiger partial charge is 0.0414 e. The molecule has 0 amide bonds. The summed E-state index contributed by atoms with van der Waals surface area (Å²) in [6, 6.07) is 8.62. The molecule has 1 atom stereocenters. The van der Waals surface area contributed by atoms with E-state index < -0.39 is 0 Å². The van der Waals surface area contributed by atoms with E-state index in [1.165, 1.54) is 37.2 Å². The summed E-state index contributed by atoms with van der Waals surface area (Å²) in [4.78, 5) is 2.44. The maximum absolute atomic E-state index is 5.96. The van der Waals surface area contributed by atoms with E-state index in [1.807, 2.05) is 0 Å². The van der Waals surface area contributed by atoms with Gasteiger partial charge in [-0.25, -0.2) is 0 Å². The van der Waals surface area contributed by atoms with Crippen molar-refractivity contribution in [3.63, 3.8) is 0 Å². The predicted octanol–water partition coefficient (Wildman–Crippen LogP) is 2.31. The number of rotatable bonds is 2. The molecule has 2 N–H and O–H groups in total. The third-order valence-electron chi connectivity index (χ3n) is 2.87. The first-order chi connectivity index (χ1) is 6.79. The molecule has 14 heavy (non-hydrogen) atoms. The Morgan fingerprint density at radius 2 is 1.86 bits per heavy atom. The molecule has 0 spiro atoms. The van der Waals surface area contributed by atoms with Crippen molar-refractivity contribution in [1.82, 2.24) is 0 Å². The summed E-state index contributed by atoms with van der Waals surface area (Å²) in [6.07, 6.45) is 2.63. The fraction of sp³-hybridized carbons (Fsp3) is 0.500. The first-order valence-electron chi connectivity index (χ1n) is 5.38. The summed E-state index contributed by atoms with van der Waals surface area (Å²) >= 11 is 0. The standard InChI is InChI=1S/C12H18N2/c1-10(13)11-6-2-3-7-12(11)14-8-4-5-9-14/h2-3,6-7,10H,4-5,8-9,13H2,1H3/t10-/m1/s1. The van der Waals surface area contributed by atoms with Crippen LogP contribution in [-0.2, 0) is 0 Å². The zero-order valence-corrected chi connectivity index (χ0v) is 8.74. The number of nitrogens with zero attached hydrogens (tertiary/aromatic N) is 1. The van der Waals surface area contributed by atoms with Gasteiger partial charge in [0.15, 0.2) is 0 Å². The molecule has 0 aliphatic carbocycles. The molecule has 1 aliphatic heterocycles. The van der Waals surface area contributed by atoms with Crippen molar-refractivity contribution in [2.45, 2.75) is 25.8 Å². The second-order valence-corrected chi connectivity index (χ2v) is 4.04. The minimum absolute atomic E-state index is 0.131. The molecule has 2 rings (SSSR count). The van der Waals surface area contributed by atoms with E-state index in [4.69, 9.17) is 5.73 Å². The van der Waals surface area contributed by atoms with Crippen LogP contribution in [0.25, 0.3) is 0 Å². The first kappa shape index (κ1) is 9.53. The minimum atomic E-state index is 0.131. The SMILES string of the molecule is C[C@@H](N)c1ccccc1N1CCCC1. The van der Waals surface area contributed by atoms with Crippen LogP contribution in [0.3, 0.4) is 0 Å². The van der Waals surface area contributed by atoms with E-state index in [9.17, 15) is 0 Å². The molecular weight excluding hydrogens is 172 g/mol. The van der Waals surface area contributed by atoms with Crippen LogP contribution in [-0.4, -0.2) is 13.1 Å². The average molecular weight is 190 g/mol. The van der Waals surface area contributed by atoms with Crippen LogP contribution in [0.5, 0.6) is 0 Å². The lowest BCUT2D eigenvalue weighted by Gasteiger charge is -2.22. The van der Waals surface area contributed by atoms with E-state index in [1.54, 1.807) is 0 Å². The lowest BCUT2D eigenvalue weighted by Crippen LogP contribution is -2.21. The summed E-state index contributed by atoms with van der Waals surface area (Å²) in [5.41, 5.74) is 8.56. The van der Waals surface area contributed by atoms with Crippen molar-refractivity contribution < 1.29 is 0 Å². The van der Waals surface area contributed by atoms with Crippen molar-refractivity contribution in [1.29, 1.82) is 0 Å². The van der Waals surface area contributed by atoms with Crippen LogP contribution >= 0.6 is 0 Å². The second-order valence-electron chi connectivity index (χ2n) is 4.04. The zero-order valence-electron chi connectivity index (χ0n) is 8.74. The maximum atomic E-state index is 5.96. The highest BCUT2D eigenvalue weighted by Crippen LogP contribution is 2.27. The number of hydrogen-bond donors (Lipinski definition) is 1. The van der Waals surface area contributed by atoms with Crippen LogP contribution in [0.15, 0.2) is 24.3 Å². The van der Waals surface area contributed by atoms with Gasteiger partial charge in [-0.2, -0.15) is 0 Å². The maximum Gasteiger partial charge on any atom is 0.0414 e. The summed E-state index contributed by atoms with van der Waals surface area (Å²) in [6.45, 7) is 4.42. The average Bonchev–Trinajstić information content (AvgIpc) is 2.70. The summed E-state index contributed by atoms with van der Waals surface area (Å²) in [5, 5.41) is 0. The monoisotopic (exact) mass is 190 g/mol. The lowest BCUT2D eigenvalue weighted by atomic mass is 10.1. The zero-order chi connectivity index (χ0) is 9.97. The molecule has 1 heterocycles. The highest BCUT2D eigenvalue weighted by molar-refractivity contribution is 5.55. The van der Waals surface area contributed by atoms with Gasteiger partial charge < -0.3 is 10.6 Å². The molecule has 1 fully saturated rings. The number of hydrogen-bond acceptors (Lipinski definition) is 2. The van der Waals surface area contributed by atoms with Gasteiger partial charge in [-0.1, -0.05) is 18.2 Å². The van der Waals surface area contributed by atoms with Gasteiger partial charge >= 0.3 is 0 Å². The summed E-state index contributed by atoms with van der Waals surface area (Å²) in [7, 11) is 0. The van der Waals surface area contributed by atoms with Gasteiger partial charge in [-0.05, 0) is 31.4 Å². The second kappa shape index (κ2) is 4.01. The number of para-hydroxylation sites is 1. The van der Waals surface area contributed by atoms with Crippen LogP contribution < -0.4 is 10.6 Å². The van der Waals surface area contributed by atoms with Gasteiger partial charge in [0, 0.05) is 24.8 Å². The largest absolute Gasteiger partial charge is 0.371 e. The third kappa shape index (κ3) is 1.75. The Hall–Kier alpha value is -1.02. The highest BCUT2D eigenvalue weighted by Gasteiger charge is 2.16. The Bertz CT molecular complexity index is 301. The molecule has 76 valence electrons. The van der Waals surface area contributed by atoms with E-state index in [0.29, 0.717) is 0 Å². The molecule has 1 aromatic carbocycles. The van der Waals surface area contributed by atoms with Crippen molar-refractivity contribution in [2.24, 2.45) is 5.73 Å². The van der Waals surface area contributed by atoms with Crippen LogP contribution in [0.4, 0.5) is 5.69 Å². The molecule has 1 aromatic rings. The molecule has 0 saturated carbocycles. The van der Waals surface area contributed by atoms with Gasteiger partial charge in [0.05, 0.1) is 0 Å². The van der Waals surface area contributed by atoms with Crippen molar-refractivity contribution in [3.8, 4) is 0 Å².